The molecule has 0 aromatic heterocycles. The highest BCUT2D eigenvalue weighted by atomic mass is 79.9. The first-order valence-electron chi connectivity index (χ1n) is 9.92. The summed E-state index contributed by atoms with van der Waals surface area (Å²) in [6.45, 7) is 0. The summed E-state index contributed by atoms with van der Waals surface area (Å²) in [4.78, 5) is 26.8. The van der Waals surface area contributed by atoms with Crippen molar-refractivity contribution in [3.8, 4) is 11.1 Å². The Bertz CT molecular complexity index is 1340. The lowest BCUT2D eigenvalue weighted by Gasteiger charge is -2.34. The van der Waals surface area contributed by atoms with Gasteiger partial charge in [0.1, 0.15) is 0 Å². The minimum absolute atomic E-state index is 0.451. The number of rotatable bonds is 0. The quantitative estimate of drug-likeness (QED) is 0.203. The number of hydrogen-bond donors (Lipinski definition) is 0. The van der Waals surface area contributed by atoms with Gasteiger partial charge in [-0.05, 0) is 69.8 Å². The van der Waals surface area contributed by atoms with Crippen LogP contribution in [0.2, 0.25) is 0 Å². The molecule has 31 heavy (non-hydrogen) atoms. The first-order chi connectivity index (χ1) is 15.0. The highest BCUT2D eigenvalue weighted by Gasteiger charge is 2.51. The Morgan fingerprint density at radius 2 is 0.903 bits per heavy atom. The topological polar surface area (TPSA) is 34.1 Å². The van der Waals surface area contributed by atoms with Crippen LogP contribution in [0.25, 0.3) is 11.1 Å². The Hall–Kier alpha value is -2.82. The Labute approximate surface area is 196 Å². The van der Waals surface area contributed by atoms with Gasteiger partial charge in [-0.3, -0.25) is 9.59 Å². The number of halogens is 2. The zero-order valence-electron chi connectivity index (χ0n) is 16.2. The lowest BCUT2D eigenvalue weighted by atomic mass is 9.66. The summed E-state index contributed by atoms with van der Waals surface area (Å²) in [5.41, 5.74) is 6.19. The standard InChI is InChI=1S/C27H14Br2O2/c28-15-9-11-19-23(13-15)27(24-14-16(29)10-12-20(24)26(31)25(19)30)21-7-3-1-5-17(21)18-6-2-4-8-22(18)27/h1-14H. The average Bonchev–Trinajstić information content (AvgIpc) is 3.06. The van der Waals surface area contributed by atoms with E-state index in [-0.39, 0.29) is 0 Å². The van der Waals surface area contributed by atoms with Crippen LogP contribution in [-0.2, 0) is 5.41 Å². The molecule has 4 aromatic rings. The van der Waals surface area contributed by atoms with Gasteiger partial charge in [-0.2, -0.15) is 0 Å². The van der Waals surface area contributed by atoms with Gasteiger partial charge >= 0.3 is 0 Å². The van der Waals surface area contributed by atoms with Crippen molar-refractivity contribution in [2.45, 2.75) is 5.41 Å². The molecule has 0 saturated heterocycles. The molecular formula is C27H14Br2O2. The Morgan fingerprint density at radius 3 is 1.35 bits per heavy atom. The molecule has 2 aliphatic carbocycles. The minimum atomic E-state index is -0.771. The largest absolute Gasteiger partial charge is 0.285 e. The van der Waals surface area contributed by atoms with Crippen LogP contribution in [-0.4, -0.2) is 11.6 Å². The normalized spacial score (nSPS) is 15.2. The van der Waals surface area contributed by atoms with E-state index >= 15 is 0 Å². The fraction of sp³-hybridized carbons (Fsp3) is 0.0370. The lowest BCUT2D eigenvalue weighted by Crippen LogP contribution is -2.30. The second-order valence-electron chi connectivity index (χ2n) is 7.88. The minimum Gasteiger partial charge on any atom is -0.285 e. The third-order valence-corrected chi connectivity index (χ3v) is 7.41. The van der Waals surface area contributed by atoms with Gasteiger partial charge in [0.2, 0.25) is 11.6 Å². The second-order valence-corrected chi connectivity index (χ2v) is 9.71. The Balaban J connectivity index is 1.93. The second kappa shape index (κ2) is 6.59. The van der Waals surface area contributed by atoms with E-state index in [0.717, 1.165) is 42.3 Å². The van der Waals surface area contributed by atoms with Gasteiger partial charge in [0.25, 0.3) is 0 Å². The first-order valence-corrected chi connectivity index (χ1v) is 11.5. The molecule has 148 valence electrons. The monoisotopic (exact) mass is 528 g/mol. The van der Waals surface area contributed by atoms with Crippen molar-refractivity contribution < 1.29 is 9.59 Å². The van der Waals surface area contributed by atoms with Gasteiger partial charge in [0.15, 0.2) is 0 Å². The van der Waals surface area contributed by atoms with Crippen LogP contribution < -0.4 is 0 Å². The third-order valence-electron chi connectivity index (χ3n) is 6.42. The van der Waals surface area contributed by atoms with E-state index in [4.69, 9.17) is 0 Å². The van der Waals surface area contributed by atoms with Crippen LogP contribution in [0.5, 0.6) is 0 Å². The van der Waals surface area contributed by atoms with Crippen LogP contribution >= 0.6 is 31.9 Å². The van der Waals surface area contributed by atoms with Crippen LogP contribution in [0.3, 0.4) is 0 Å². The van der Waals surface area contributed by atoms with Crippen LogP contribution in [0.1, 0.15) is 43.0 Å². The molecule has 6 rings (SSSR count). The summed E-state index contributed by atoms with van der Waals surface area (Å²) >= 11 is 7.22. The van der Waals surface area contributed by atoms with Crippen molar-refractivity contribution in [2.24, 2.45) is 0 Å². The Kier molecular flexibility index (Phi) is 4.02. The maximum Gasteiger partial charge on any atom is 0.233 e. The Morgan fingerprint density at radius 1 is 0.484 bits per heavy atom. The number of carbonyl (C=O) groups excluding carboxylic acids is 2. The van der Waals surface area contributed by atoms with E-state index in [9.17, 15) is 9.59 Å². The van der Waals surface area contributed by atoms with Gasteiger partial charge < -0.3 is 0 Å². The van der Waals surface area contributed by atoms with Crippen LogP contribution in [0.15, 0.2) is 93.9 Å². The molecule has 0 radical (unpaired) electrons. The maximum atomic E-state index is 13.4. The summed E-state index contributed by atoms with van der Waals surface area (Å²) in [5.74, 6) is -0.936. The highest BCUT2D eigenvalue weighted by molar-refractivity contribution is 9.10. The van der Waals surface area contributed by atoms with Gasteiger partial charge in [0, 0.05) is 20.1 Å². The van der Waals surface area contributed by atoms with E-state index in [1.165, 1.54) is 0 Å². The summed E-state index contributed by atoms with van der Waals surface area (Å²) in [6.07, 6.45) is 0. The number of fused-ring (bicyclic) bond motifs is 9. The average molecular weight is 530 g/mol. The molecule has 0 fully saturated rings. The molecule has 0 aliphatic heterocycles. The number of hydrogen-bond acceptors (Lipinski definition) is 2. The lowest BCUT2D eigenvalue weighted by molar-refractivity contribution is 0.0817. The highest BCUT2D eigenvalue weighted by Crippen LogP contribution is 2.58. The predicted octanol–water partition coefficient (Wildman–Crippen LogP) is 6.95. The van der Waals surface area contributed by atoms with E-state index in [1.54, 1.807) is 12.1 Å². The number of Topliss-reactive ketones (excluding diaryl/α,β-unsaturated/α-hetero) is 2. The van der Waals surface area contributed by atoms with Crippen LogP contribution in [0.4, 0.5) is 0 Å². The fourth-order valence-corrected chi connectivity index (χ4v) is 5.98. The molecule has 0 amide bonds. The predicted molar refractivity (Wildman–Crippen MR) is 128 cm³/mol. The van der Waals surface area contributed by atoms with Crippen molar-refractivity contribution in [3.63, 3.8) is 0 Å². The molecule has 2 nitrogen and oxygen atoms in total. The summed E-state index contributed by atoms with van der Waals surface area (Å²) < 4.78 is 1.73. The van der Waals surface area contributed by atoms with Crippen molar-refractivity contribution in [2.75, 3.05) is 0 Å². The first kappa shape index (κ1) is 18.9. The van der Waals surface area contributed by atoms with Gasteiger partial charge in [-0.15, -0.1) is 0 Å². The van der Waals surface area contributed by atoms with Crippen molar-refractivity contribution in [1.82, 2.24) is 0 Å². The molecule has 0 heterocycles. The smallest absolute Gasteiger partial charge is 0.233 e. The van der Waals surface area contributed by atoms with Crippen molar-refractivity contribution >= 4 is 43.4 Å². The van der Waals surface area contributed by atoms with Crippen molar-refractivity contribution in [1.29, 1.82) is 0 Å². The summed E-state index contributed by atoms with van der Waals surface area (Å²) in [7, 11) is 0. The maximum absolute atomic E-state index is 13.4. The summed E-state index contributed by atoms with van der Waals surface area (Å²) in [5, 5.41) is 0. The van der Waals surface area contributed by atoms with E-state index in [2.05, 4.69) is 56.1 Å². The van der Waals surface area contributed by atoms with Crippen LogP contribution in [0, 0.1) is 0 Å². The van der Waals surface area contributed by atoms with Gasteiger partial charge in [-0.25, -0.2) is 0 Å². The molecule has 0 bridgehead atoms. The fourth-order valence-electron chi connectivity index (χ4n) is 5.25. The molecule has 4 aromatic carbocycles. The van der Waals surface area contributed by atoms with E-state index in [1.807, 2.05) is 48.5 Å². The molecule has 1 spiro atoms. The van der Waals surface area contributed by atoms with Gasteiger partial charge in [0.05, 0.1) is 5.41 Å². The number of ketones is 2. The van der Waals surface area contributed by atoms with E-state index in [0.29, 0.717) is 11.1 Å². The number of benzene rings is 4. The zero-order valence-corrected chi connectivity index (χ0v) is 19.3. The molecular weight excluding hydrogens is 516 g/mol. The zero-order chi connectivity index (χ0) is 21.3. The third kappa shape index (κ3) is 2.38. The molecule has 4 heteroatoms. The molecule has 0 N–H and O–H groups in total. The molecule has 0 saturated carbocycles. The summed E-state index contributed by atoms with van der Waals surface area (Å²) in [6, 6.07) is 27.8. The number of carbonyl (C=O) groups is 2. The molecule has 2 aliphatic rings. The van der Waals surface area contributed by atoms with Gasteiger partial charge in [-0.1, -0.05) is 80.4 Å². The van der Waals surface area contributed by atoms with Crippen molar-refractivity contribution in [3.05, 3.63) is 127 Å². The van der Waals surface area contributed by atoms with E-state index < -0.39 is 17.0 Å². The molecule has 0 unspecified atom stereocenters. The molecule has 0 atom stereocenters. The SMILES string of the molecule is O=C1C(=O)c2ccc(Br)cc2C2(c3cc(Br)ccc31)c1ccccc1-c1ccccc12.